The summed E-state index contributed by atoms with van der Waals surface area (Å²) in [5.74, 6) is 1.62. The zero-order chi connectivity index (χ0) is 17.4. The molecule has 0 spiro atoms. The van der Waals surface area contributed by atoms with E-state index in [9.17, 15) is 4.79 Å². The molecule has 0 radical (unpaired) electrons. The van der Waals surface area contributed by atoms with E-state index < -0.39 is 0 Å². The van der Waals surface area contributed by atoms with Crippen molar-refractivity contribution in [1.29, 1.82) is 5.26 Å². The van der Waals surface area contributed by atoms with Crippen molar-refractivity contribution in [3.05, 3.63) is 65.2 Å². The van der Waals surface area contributed by atoms with Gasteiger partial charge in [0.25, 0.3) is 0 Å². The number of nitriles is 1. The van der Waals surface area contributed by atoms with E-state index >= 15 is 0 Å². The van der Waals surface area contributed by atoms with Gasteiger partial charge in [0.05, 0.1) is 18.7 Å². The Bertz CT molecular complexity index is 820. The van der Waals surface area contributed by atoms with Gasteiger partial charge in [0.2, 0.25) is 5.91 Å². The normalized spacial score (nSPS) is 24.4. The van der Waals surface area contributed by atoms with Gasteiger partial charge in [-0.25, -0.2) is 0 Å². The first-order valence-electron chi connectivity index (χ1n) is 8.63. The molecule has 25 heavy (non-hydrogen) atoms. The molecule has 1 saturated carbocycles. The molecule has 1 saturated heterocycles. The quantitative estimate of drug-likeness (QED) is 0.861. The van der Waals surface area contributed by atoms with Crippen LogP contribution < -0.4 is 4.74 Å². The molecule has 4 rings (SSSR count). The van der Waals surface area contributed by atoms with Crippen LogP contribution in [0.1, 0.15) is 35.4 Å². The van der Waals surface area contributed by atoms with Crippen LogP contribution in [0.15, 0.2) is 48.5 Å². The first kappa shape index (κ1) is 15.7. The number of carbonyl (C=O) groups is 1. The van der Waals surface area contributed by atoms with Gasteiger partial charge < -0.3 is 9.64 Å². The highest BCUT2D eigenvalue weighted by molar-refractivity contribution is 5.83. The lowest BCUT2D eigenvalue weighted by Crippen LogP contribution is -2.40. The monoisotopic (exact) mass is 332 g/mol. The topological polar surface area (TPSA) is 53.3 Å². The molecule has 0 N–H and O–H groups in total. The minimum Gasteiger partial charge on any atom is -0.497 e. The lowest BCUT2D eigenvalue weighted by Gasteiger charge is -2.33. The standard InChI is InChI=1S/C21H20N2O2/c1-25-18-8-4-15(5-9-18)13-23-20-11-17(21(23)24)10-19(20)16-6-2-14(12-22)3-7-16/h2-9,17,19-20H,10-11,13H2,1H3/t17-,19+,20-/m0/s1. The van der Waals surface area contributed by atoms with Crippen LogP contribution in [0.3, 0.4) is 0 Å². The van der Waals surface area contributed by atoms with Crippen LogP contribution in [0.4, 0.5) is 0 Å². The summed E-state index contributed by atoms with van der Waals surface area (Å²) >= 11 is 0. The molecule has 2 aromatic rings. The molecular formula is C21H20N2O2. The molecule has 1 aliphatic carbocycles. The molecular weight excluding hydrogens is 312 g/mol. The van der Waals surface area contributed by atoms with E-state index in [1.165, 1.54) is 5.56 Å². The van der Waals surface area contributed by atoms with E-state index in [1.807, 2.05) is 53.4 Å². The van der Waals surface area contributed by atoms with Crippen molar-refractivity contribution in [2.75, 3.05) is 7.11 Å². The number of nitrogens with zero attached hydrogens (tertiary/aromatic N) is 2. The Labute approximate surface area is 147 Å². The van der Waals surface area contributed by atoms with Crippen molar-refractivity contribution in [2.45, 2.75) is 31.3 Å². The molecule has 1 aliphatic heterocycles. The summed E-state index contributed by atoms with van der Waals surface area (Å²) in [7, 11) is 1.65. The number of ether oxygens (including phenoxy) is 1. The number of hydrogen-bond donors (Lipinski definition) is 0. The molecule has 4 nitrogen and oxygen atoms in total. The first-order chi connectivity index (χ1) is 12.2. The lowest BCUT2D eigenvalue weighted by atomic mass is 9.89. The molecule has 2 fully saturated rings. The highest BCUT2D eigenvalue weighted by atomic mass is 16.5. The SMILES string of the molecule is COc1ccc(CN2C(=O)[C@H]3C[C@H](c4ccc(C#N)cc4)[C@@H]2C3)cc1. The van der Waals surface area contributed by atoms with Crippen LogP contribution in [0.2, 0.25) is 0 Å². The summed E-state index contributed by atoms with van der Waals surface area (Å²) in [6.07, 6.45) is 1.87. The van der Waals surface area contributed by atoms with Gasteiger partial charge in [-0.15, -0.1) is 0 Å². The lowest BCUT2D eigenvalue weighted by molar-refractivity contribution is -0.135. The van der Waals surface area contributed by atoms with Gasteiger partial charge in [0.15, 0.2) is 0 Å². The first-order valence-corrected chi connectivity index (χ1v) is 8.63. The second kappa shape index (κ2) is 6.25. The fourth-order valence-electron chi connectivity index (χ4n) is 4.25. The van der Waals surface area contributed by atoms with Gasteiger partial charge in [-0.2, -0.15) is 5.26 Å². The van der Waals surface area contributed by atoms with E-state index in [1.54, 1.807) is 7.11 Å². The smallest absolute Gasteiger partial charge is 0.226 e. The average molecular weight is 332 g/mol. The molecule has 0 aromatic heterocycles. The zero-order valence-electron chi connectivity index (χ0n) is 14.2. The minimum absolute atomic E-state index is 0.142. The summed E-state index contributed by atoms with van der Waals surface area (Å²) in [5, 5.41) is 8.97. The Morgan fingerprint density at radius 2 is 1.84 bits per heavy atom. The maximum atomic E-state index is 12.6. The van der Waals surface area contributed by atoms with Crippen LogP contribution in [0.5, 0.6) is 5.75 Å². The fraction of sp³-hybridized carbons (Fsp3) is 0.333. The molecule has 2 aromatic carbocycles. The second-order valence-corrected chi connectivity index (χ2v) is 6.89. The van der Waals surface area contributed by atoms with Gasteiger partial charge in [0.1, 0.15) is 5.75 Å². The van der Waals surface area contributed by atoms with Gasteiger partial charge in [-0.1, -0.05) is 24.3 Å². The molecule has 3 atom stereocenters. The van der Waals surface area contributed by atoms with Crippen molar-refractivity contribution in [3.8, 4) is 11.8 Å². The third-order valence-corrected chi connectivity index (χ3v) is 5.54. The van der Waals surface area contributed by atoms with Gasteiger partial charge >= 0.3 is 0 Å². The van der Waals surface area contributed by atoms with Crippen molar-refractivity contribution < 1.29 is 9.53 Å². The van der Waals surface area contributed by atoms with Crippen molar-refractivity contribution in [3.63, 3.8) is 0 Å². The highest BCUT2D eigenvalue weighted by Crippen LogP contribution is 2.48. The number of carbonyl (C=O) groups excluding carboxylic acids is 1. The third-order valence-electron chi connectivity index (χ3n) is 5.54. The third kappa shape index (κ3) is 2.76. The fourth-order valence-corrected chi connectivity index (χ4v) is 4.25. The van der Waals surface area contributed by atoms with E-state index in [0.29, 0.717) is 18.0 Å². The maximum Gasteiger partial charge on any atom is 0.226 e. The number of amides is 1. The predicted octanol–water partition coefficient (Wildman–Crippen LogP) is 3.47. The summed E-state index contributed by atoms with van der Waals surface area (Å²) in [6, 6.07) is 18.2. The van der Waals surface area contributed by atoms with Crippen molar-refractivity contribution >= 4 is 5.91 Å². The Morgan fingerprint density at radius 3 is 2.44 bits per heavy atom. The second-order valence-electron chi connectivity index (χ2n) is 6.89. The van der Waals surface area contributed by atoms with Crippen LogP contribution in [0, 0.1) is 17.2 Å². The van der Waals surface area contributed by atoms with Crippen LogP contribution in [0.25, 0.3) is 0 Å². The number of benzene rings is 2. The molecule has 0 unspecified atom stereocenters. The Kier molecular flexibility index (Phi) is 3.93. The molecule has 126 valence electrons. The van der Waals surface area contributed by atoms with Crippen molar-refractivity contribution in [1.82, 2.24) is 4.90 Å². The number of rotatable bonds is 4. The predicted molar refractivity (Wildman–Crippen MR) is 94.0 cm³/mol. The van der Waals surface area contributed by atoms with Gasteiger partial charge in [-0.3, -0.25) is 4.79 Å². The van der Waals surface area contributed by atoms with Gasteiger partial charge in [0, 0.05) is 24.4 Å². The number of fused-ring (bicyclic) bond motifs is 2. The number of likely N-dealkylation sites (tertiary alicyclic amines) is 1. The Morgan fingerprint density at radius 1 is 1.12 bits per heavy atom. The van der Waals surface area contributed by atoms with Crippen LogP contribution in [-0.4, -0.2) is 24.0 Å². The summed E-state index contributed by atoms with van der Waals surface area (Å²) < 4.78 is 5.20. The summed E-state index contributed by atoms with van der Waals surface area (Å²) in [4.78, 5) is 14.7. The van der Waals surface area contributed by atoms with Crippen LogP contribution >= 0.6 is 0 Å². The number of methoxy groups -OCH3 is 1. The highest BCUT2D eigenvalue weighted by Gasteiger charge is 2.50. The zero-order valence-corrected chi connectivity index (χ0v) is 14.2. The van der Waals surface area contributed by atoms with E-state index in [4.69, 9.17) is 10.00 Å². The maximum absolute atomic E-state index is 12.6. The summed E-state index contributed by atoms with van der Waals surface area (Å²) in [6.45, 7) is 0.650. The number of hydrogen-bond acceptors (Lipinski definition) is 3. The van der Waals surface area contributed by atoms with E-state index in [-0.39, 0.29) is 17.9 Å². The largest absolute Gasteiger partial charge is 0.497 e. The summed E-state index contributed by atoms with van der Waals surface area (Å²) in [5.41, 5.74) is 3.04. The van der Waals surface area contributed by atoms with E-state index in [2.05, 4.69) is 6.07 Å². The van der Waals surface area contributed by atoms with E-state index in [0.717, 1.165) is 24.2 Å². The molecule has 1 amide bonds. The molecule has 2 bridgehead atoms. The minimum atomic E-state index is 0.142. The molecule has 1 heterocycles. The van der Waals surface area contributed by atoms with Gasteiger partial charge in [-0.05, 0) is 48.2 Å². The van der Waals surface area contributed by atoms with Crippen molar-refractivity contribution in [2.24, 2.45) is 5.92 Å². The Hall–Kier alpha value is -2.80. The average Bonchev–Trinajstić information content (AvgIpc) is 3.22. The number of piperidine rings is 1. The molecule has 2 aliphatic rings. The van der Waals surface area contributed by atoms with Crippen LogP contribution in [-0.2, 0) is 11.3 Å². The Balaban J connectivity index is 1.54. The molecule has 4 heteroatoms.